The van der Waals surface area contributed by atoms with Crippen molar-refractivity contribution in [2.45, 2.75) is 19.9 Å². The van der Waals surface area contributed by atoms with Crippen LogP contribution < -0.4 is 5.73 Å². The highest BCUT2D eigenvalue weighted by Gasteiger charge is 2.12. The quantitative estimate of drug-likeness (QED) is 0.866. The fourth-order valence-electron chi connectivity index (χ4n) is 2.11. The second-order valence-corrected chi connectivity index (χ2v) is 4.91. The summed E-state index contributed by atoms with van der Waals surface area (Å²) in [6.45, 7) is 2.61. The average molecular weight is 268 g/mol. The van der Waals surface area contributed by atoms with Crippen LogP contribution in [-0.2, 0) is 13.0 Å². The molecular formula is C17H20N2O. The Balaban J connectivity index is 2.10. The zero-order chi connectivity index (χ0) is 14.5. The monoisotopic (exact) mass is 268 g/mol. The van der Waals surface area contributed by atoms with Crippen LogP contribution in [0.15, 0.2) is 48.5 Å². The molecule has 0 aliphatic rings. The lowest BCUT2D eigenvalue weighted by Gasteiger charge is -2.18. The lowest BCUT2D eigenvalue weighted by Crippen LogP contribution is -2.26. The van der Waals surface area contributed by atoms with Gasteiger partial charge in [0.1, 0.15) is 0 Å². The number of anilines is 1. The summed E-state index contributed by atoms with van der Waals surface area (Å²) in [5.74, 6) is 0.0101. The van der Waals surface area contributed by atoms with Gasteiger partial charge in [0, 0.05) is 24.8 Å². The molecule has 0 unspecified atom stereocenters. The largest absolute Gasteiger partial charge is 0.398 e. The maximum atomic E-state index is 12.3. The molecule has 2 rings (SSSR count). The number of hydrogen-bond acceptors (Lipinski definition) is 2. The summed E-state index contributed by atoms with van der Waals surface area (Å²) in [5.41, 5.74) is 9.53. The number of nitrogens with two attached hydrogens (primary N) is 1. The van der Waals surface area contributed by atoms with Gasteiger partial charge < -0.3 is 10.6 Å². The highest BCUT2D eigenvalue weighted by molar-refractivity contribution is 5.94. The van der Waals surface area contributed by atoms with Crippen LogP contribution in [0.2, 0.25) is 0 Å². The van der Waals surface area contributed by atoms with Crippen molar-refractivity contribution in [2.24, 2.45) is 0 Å². The normalized spacial score (nSPS) is 10.3. The van der Waals surface area contributed by atoms with Crippen molar-refractivity contribution in [3.63, 3.8) is 0 Å². The molecule has 0 saturated heterocycles. The SMILES string of the molecule is CCc1ccc(C(=O)N(C)Cc2ccccc2N)cc1. The van der Waals surface area contributed by atoms with E-state index in [4.69, 9.17) is 5.73 Å². The number of nitrogens with zero attached hydrogens (tertiary/aromatic N) is 1. The molecule has 2 aromatic rings. The van der Waals surface area contributed by atoms with Crippen LogP contribution in [0.5, 0.6) is 0 Å². The predicted octanol–water partition coefficient (Wildman–Crippen LogP) is 3.10. The number of aryl methyl sites for hydroxylation is 1. The summed E-state index contributed by atoms with van der Waals surface area (Å²) in [5, 5.41) is 0. The van der Waals surface area contributed by atoms with Gasteiger partial charge in [0.05, 0.1) is 0 Å². The summed E-state index contributed by atoms with van der Waals surface area (Å²) in [7, 11) is 1.79. The van der Waals surface area contributed by atoms with E-state index in [0.717, 1.165) is 12.0 Å². The zero-order valence-electron chi connectivity index (χ0n) is 12.0. The molecule has 0 atom stereocenters. The first-order valence-electron chi connectivity index (χ1n) is 6.79. The van der Waals surface area contributed by atoms with E-state index in [-0.39, 0.29) is 5.91 Å². The molecule has 0 radical (unpaired) electrons. The number of carbonyl (C=O) groups is 1. The lowest BCUT2D eigenvalue weighted by atomic mass is 10.1. The molecule has 0 saturated carbocycles. The van der Waals surface area contributed by atoms with Crippen LogP contribution in [0.3, 0.4) is 0 Å². The summed E-state index contributed by atoms with van der Waals surface area (Å²) in [4.78, 5) is 14.0. The molecule has 20 heavy (non-hydrogen) atoms. The van der Waals surface area contributed by atoms with Crippen LogP contribution in [-0.4, -0.2) is 17.9 Å². The van der Waals surface area contributed by atoms with Gasteiger partial charge in [0.25, 0.3) is 5.91 Å². The number of benzene rings is 2. The predicted molar refractivity (Wildman–Crippen MR) is 82.5 cm³/mol. The summed E-state index contributed by atoms with van der Waals surface area (Å²) in [6, 6.07) is 15.4. The minimum Gasteiger partial charge on any atom is -0.398 e. The first-order valence-corrected chi connectivity index (χ1v) is 6.79. The molecule has 1 amide bonds. The van der Waals surface area contributed by atoms with Crippen LogP contribution in [0.25, 0.3) is 0 Å². The van der Waals surface area contributed by atoms with E-state index in [9.17, 15) is 4.79 Å². The van der Waals surface area contributed by atoms with Crippen molar-refractivity contribution < 1.29 is 4.79 Å². The molecule has 3 heteroatoms. The average Bonchev–Trinajstić information content (AvgIpc) is 2.49. The fraction of sp³-hybridized carbons (Fsp3) is 0.235. The zero-order valence-corrected chi connectivity index (χ0v) is 12.0. The molecule has 0 aliphatic heterocycles. The van der Waals surface area contributed by atoms with Gasteiger partial charge in [-0.25, -0.2) is 0 Å². The molecule has 2 N–H and O–H groups in total. The van der Waals surface area contributed by atoms with Crippen molar-refractivity contribution in [2.75, 3.05) is 12.8 Å². The number of nitrogen functional groups attached to an aromatic ring is 1. The molecule has 3 nitrogen and oxygen atoms in total. The third-order valence-electron chi connectivity index (χ3n) is 3.42. The maximum absolute atomic E-state index is 12.3. The fourth-order valence-corrected chi connectivity index (χ4v) is 2.11. The van der Waals surface area contributed by atoms with Crippen LogP contribution in [0.4, 0.5) is 5.69 Å². The third-order valence-corrected chi connectivity index (χ3v) is 3.42. The van der Waals surface area contributed by atoms with E-state index in [1.54, 1.807) is 11.9 Å². The topological polar surface area (TPSA) is 46.3 Å². The van der Waals surface area contributed by atoms with Gasteiger partial charge in [-0.2, -0.15) is 0 Å². The minimum atomic E-state index is 0.0101. The summed E-state index contributed by atoms with van der Waals surface area (Å²) >= 11 is 0. The molecular weight excluding hydrogens is 248 g/mol. The molecule has 0 fully saturated rings. The standard InChI is InChI=1S/C17H20N2O/c1-3-13-8-10-14(11-9-13)17(20)19(2)12-15-6-4-5-7-16(15)18/h4-11H,3,12,18H2,1-2H3. The van der Waals surface area contributed by atoms with Crippen molar-refractivity contribution in [3.05, 3.63) is 65.2 Å². The van der Waals surface area contributed by atoms with Crippen LogP contribution >= 0.6 is 0 Å². The molecule has 0 bridgehead atoms. The van der Waals surface area contributed by atoms with Crippen LogP contribution in [0, 0.1) is 0 Å². The highest BCUT2D eigenvalue weighted by atomic mass is 16.2. The molecule has 0 heterocycles. The van der Waals surface area contributed by atoms with E-state index < -0.39 is 0 Å². The van der Waals surface area contributed by atoms with Gasteiger partial charge in [-0.1, -0.05) is 37.3 Å². The van der Waals surface area contributed by atoms with E-state index in [0.29, 0.717) is 17.8 Å². The third kappa shape index (κ3) is 3.18. The van der Waals surface area contributed by atoms with Crippen molar-refractivity contribution in [1.29, 1.82) is 0 Å². The number of rotatable bonds is 4. The Labute approximate surface area is 120 Å². The Morgan fingerprint density at radius 3 is 2.35 bits per heavy atom. The number of para-hydroxylation sites is 1. The van der Waals surface area contributed by atoms with Crippen molar-refractivity contribution >= 4 is 11.6 Å². The molecule has 0 aromatic heterocycles. The van der Waals surface area contributed by atoms with Crippen LogP contribution in [0.1, 0.15) is 28.4 Å². The second-order valence-electron chi connectivity index (χ2n) is 4.91. The molecule has 2 aromatic carbocycles. The molecule has 104 valence electrons. The molecule has 0 spiro atoms. The number of carbonyl (C=O) groups excluding carboxylic acids is 1. The van der Waals surface area contributed by atoms with E-state index >= 15 is 0 Å². The first kappa shape index (κ1) is 14.1. The van der Waals surface area contributed by atoms with Gasteiger partial charge in [-0.3, -0.25) is 4.79 Å². The maximum Gasteiger partial charge on any atom is 0.253 e. The Kier molecular flexibility index (Phi) is 4.41. The minimum absolute atomic E-state index is 0.0101. The Morgan fingerprint density at radius 2 is 1.75 bits per heavy atom. The van der Waals surface area contributed by atoms with E-state index in [2.05, 4.69) is 6.92 Å². The van der Waals surface area contributed by atoms with Gasteiger partial charge in [0.15, 0.2) is 0 Å². The van der Waals surface area contributed by atoms with Crippen molar-refractivity contribution in [1.82, 2.24) is 4.90 Å². The lowest BCUT2D eigenvalue weighted by molar-refractivity contribution is 0.0785. The summed E-state index contributed by atoms with van der Waals surface area (Å²) < 4.78 is 0. The smallest absolute Gasteiger partial charge is 0.253 e. The Bertz CT molecular complexity index is 590. The Morgan fingerprint density at radius 1 is 1.10 bits per heavy atom. The van der Waals surface area contributed by atoms with Gasteiger partial charge in [0.2, 0.25) is 0 Å². The first-order chi connectivity index (χ1) is 9.61. The Hall–Kier alpha value is -2.29. The van der Waals surface area contributed by atoms with E-state index in [1.807, 2.05) is 48.5 Å². The number of amides is 1. The van der Waals surface area contributed by atoms with Gasteiger partial charge in [-0.05, 0) is 35.7 Å². The van der Waals surface area contributed by atoms with E-state index in [1.165, 1.54) is 5.56 Å². The second kappa shape index (κ2) is 6.24. The summed E-state index contributed by atoms with van der Waals surface area (Å²) in [6.07, 6.45) is 0.977. The van der Waals surface area contributed by atoms with Gasteiger partial charge in [-0.15, -0.1) is 0 Å². The number of hydrogen-bond donors (Lipinski definition) is 1. The molecule has 0 aliphatic carbocycles. The highest BCUT2D eigenvalue weighted by Crippen LogP contribution is 2.14. The van der Waals surface area contributed by atoms with Gasteiger partial charge >= 0.3 is 0 Å². The van der Waals surface area contributed by atoms with Crippen molar-refractivity contribution in [3.8, 4) is 0 Å².